The van der Waals surface area contributed by atoms with Gasteiger partial charge in [0.15, 0.2) is 0 Å². The van der Waals surface area contributed by atoms with Crippen LogP contribution < -0.4 is 0 Å². The normalized spacial score (nSPS) is 10.6. The highest BCUT2D eigenvalue weighted by molar-refractivity contribution is 6.46. The van der Waals surface area contributed by atoms with Crippen molar-refractivity contribution in [3.8, 4) is 0 Å². The first kappa shape index (κ1) is 28.2. The maximum Gasteiger partial charge on any atom is 1.20 e. The number of aryl methyl sites for hydroxylation is 9. The standard InChI is InChI=1S/3C10H12O2.Al/c3*1-6-4-7(2)9(10(11)12)8(3)5-6;/h3*4-5H,1-3H3,(H,11,12);/q;;;+3/p-3. The predicted molar refractivity (Wildman–Crippen MR) is 144 cm³/mol. The predicted octanol–water partition coefficient (Wildman–Crippen LogP) is 6.32. The van der Waals surface area contributed by atoms with Gasteiger partial charge in [-0.1, -0.05) is 53.1 Å². The van der Waals surface area contributed by atoms with Crippen LogP contribution in [-0.4, -0.2) is 33.1 Å². The van der Waals surface area contributed by atoms with E-state index in [1.165, 1.54) is 0 Å². The van der Waals surface area contributed by atoms with Crippen LogP contribution >= 0.6 is 0 Å². The Bertz CT molecular complexity index is 1170. The highest BCUT2D eigenvalue weighted by Gasteiger charge is 2.50. The van der Waals surface area contributed by atoms with Crippen LogP contribution in [0.2, 0.25) is 0 Å². The molecule has 0 spiro atoms. The van der Waals surface area contributed by atoms with Crippen LogP contribution in [-0.2, 0) is 11.4 Å². The number of carbonyl (C=O) groups is 3. The van der Waals surface area contributed by atoms with Crippen molar-refractivity contribution in [2.75, 3.05) is 0 Å². The molecular formula is C30H33AlO6. The van der Waals surface area contributed by atoms with E-state index in [0.29, 0.717) is 16.7 Å². The fourth-order valence-corrected chi connectivity index (χ4v) is 6.04. The Morgan fingerprint density at radius 2 is 0.622 bits per heavy atom. The Kier molecular flexibility index (Phi) is 8.63. The van der Waals surface area contributed by atoms with E-state index in [4.69, 9.17) is 11.4 Å². The first-order valence-corrected chi connectivity index (χ1v) is 13.6. The summed E-state index contributed by atoms with van der Waals surface area (Å²) in [5.41, 5.74) is 8.46. The fourth-order valence-electron chi connectivity index (χ4n) is 5.02. The zero-order valence-corrected chi connectivity index (χ0v) is 24.1. The highest BCUT2D eigenvalue weighted by atomic mass is 27.3. The fraction of sp³-hybridized carbons (Fsp3) is 0.300. The summed E-state index contributed by atoms with van der Waals surface area (Å²) in [5, 5.41) is 0. The van der Waals surface area contributed by atoms with Crippen molar-refractivity contribution in [3.63, 3.8) is 0 Å². The van der Waals surface area contributed by atoms with Gasteiger partial charge in [-0.15, -0.1) is 0 Å². The van der Waals surface area contributed by atoms with Crippen molar-refractivity contribution in [3.05, 3.63) is 103 Å². The molecule has 0 N–H and O–H groups in total. The van der Waals surface area contributed by atoms with Gasteiger partial charge in [0.2, 0.25) is 0 Å². The van der Waals surface area contributed by atoms with Gasteiger partial charge in [-0.25, -0.2) is 14.4 Å². The first-order chi connectivity index (χ1) is 17.3. The lowest BCUT2D eigenvalue weighted by molar-refractivity contribution is 0.0409. The summed E-state index contributed by atoms with van der Waals surface area (Å²) in [4.78, 5) is 39.7. The number of hydrogen-bond donors (Lipinski definition) is 0. The Labute approximate surface area is 224 Å². The summed E-state index contributed by atoms with van der Waals surface area (Å²) in [6.45, 7) is 16.7. The van der Waals surface area contributed by atoms with E-state index in [2.05, 4.69) is 0 Å². The summed E-state index contributed by atoms with van der Waals surface area (Å²) in [6, 6.07) is 11.2. The second-order valence-electron chi connectivity index (χ2n) is 9.83. The average Bonchev–Trinajstić information content (AvgIpc) is 2.71. The Morgan fingerprint density at radius 1 is 0.432 bits per heavy atom. The monoisotopic (exact) mass is 516 g/mol. The van der Waals surface area contributed by atoms with Crippen LogP contribution in [0.3, 0.4) is 0 Å². The SMILES string of the molecule is Cc1cc(C)c(C(=O)[O][Al]([O]C(=O)c2c(C)cc(C)cc2C)[O]C(=O)c2c(C)cc(C)cc2C)c(C)c1. The van der Waals surface area contributed by atoms with Gasteiger partial charge in [-0.05, 0) is 95.7 Å². The number of carbonyl (C=O) groups excluding carboxylic acids is 3. The molecule has 3 aromatic carbocycles. The van der Waals surface area contributed by atoms with Gasteiger partial charge in [0.25, 0.3) is 0 Å². The smallest absolute Gasteiger partial charge is 0.547 e. The van der Waals surface area contributed by atoms with Gasteiger partial charge in [-0.3, -0.25) is 0 Å². The Hall–Kier alpha value is -3.40. The molecule has 6 nitrogen and oxygen atoms in total. The zero-order chi connectivity index (χ0) is 27.6. The summed E-state index contributed by atoms with van der Waals surface area (Å²) < 4.78 is 16.9. The molecule has 0 saturated heterocycles. The summed E-state index contributed by atoms with van der Waals surface area (Å²) in [7, 11) is 0. The molecule has 0 saturated carbocycles. The van der Waals surface area contributed by atoms with Gasteiger partial charge in [0.1, 0.15) is 0 Å². The minimum atomic E-state index is -3.63. The van der Waals surface area contributed by atoms with E-state index in [1.54, 1.807) is 0 Å². The largest absolute Gasteiger partial charge is 1.20 e. The first-order valence-electron chi connectivity index (χ1n) is 12.1. The van der Waals surface area contributed by atoms with E-state index in [-0.39, 0.29) is 0 Å². The molecule has 7 heteroatoms. The zero-order valence-electron chi connectivity index (χ0n) is 23.0. The second-order valence-corrected chi connectivity index (χ2v) is 11.1. The van der Waals surface area contributed by atoms with Gasteiger partial charge in [0.05, 0.1) is 16.7 Å². The molecule has 0 amide bonds. The van der Waals surface area contributed by atoms with Crippen LogP contribution in [0.25, 0.3) is 0 Å². The number of rotatable bonds is 6. The van der Waals surface area contributed by atoms with Gasteiger partial charge in [-0.2, -0.15) is 0 Å². The van der Waals surface area contributed by atoms with Crippen LogP contribution in [0.15, 0.2) is 36.4 Å². The third-order valence-electron chi connectivity index (χ3n) is 6.25. The molecule has 0 aliphatic heterocycles. The van der Waals surface area contributed by atoms with E-state index in [0.717, 1.165) is 50.1 Å². The minimum Gasteiger partial charge on any atom is -0.547 e. The van der Waals surface area contributed by atoms with E-state index in [1.807, 2.05) is 98.7 Å². The molecule has 0 aliphatic rings. The number of benzene rings is 3. The maximum absolute atomic E-state index is 13.2. The van der Waals surface area contributed by atoms with Gasteiger partial charge in [0, 0.05) is 0 Å². The molecule has 3 rings (SSSR count). The van der Waals surface area contributed by atoms with Crippen LogP contribution in [0, 0.1) is 62.3 Å². The molecule has 0 atom stereocenters. The van der Waals surface area contributed by atoms with Crippen molar-refractivity contribution >= 4 is 33.1 Å². The van der Waals surface area contributed by atoms with Gasteiger partial charge >= 0.3 is 33.1 Å². The quantitative estimate of drug-likeness (QED) is 0.357. The lowest BCUT2D eigenvalue weighted by atomic mass is 10.0. The van der Waals surface area contributed by atoms with E-state index >= 15 is 0 Å². The van der Waals surface area contributed by atoms with Gasteiger partial charge < -0.3 is 11.4 Å². The topological polar surface area (TPSA) is 78.9 Å². The van der Waals surface area contributed by atoms with Crippen LogP contribution in [0.5, 0.6) is 0 Å². The third kappa shape index (κ3) is 6.49. The summed E-state index contributed by atoms with van der Waals surface area (Å²) in [5.74, 6) is -2.08. The van der Waals surface area contributed by atoms with E-state index < -0.39 is 33.1 Å². The molecule has 0 unspecified atom stereocenters. The molecule has 3 aromatic rings. The molecular weight excluding hydrogens is 483 g/mol. The highest BCUT2D eigenvalue weighted by Crippen LogP contribution is 2.22. The van der Waals surface area contributed by atoms with Crippen molar-refractivity contribution in [1.82, 2.24) is 0 Å². The molecule has 37 heavy (non-hydrogen) atoms. The van der Waals surface area contributed by atoms with Crippen LogP contribution in [0.4, 0.5) is 0 Å². The second kappa shape index (κ2) is 11.3. The number of hydrogen-bond acceptors (Lipinski definition) is 6. The lowest BCUT2D eigenvalue weighted by Crippen LogP contribution is -2.36. The molecule has 0 bridgehead atoms. The maximum atomic E-state index is 13.2. The van der Waals surface area contributed by atoms with Crippen molar-refractivity contribution < 1.29 is 25.7 Å². The Balaban J connectivity index is 1.97. The third-order valence-corrected chi connectivity index (χ3v) is 7.47. The van der Waals surface area contributed by atoms with Crippen LogP contribution in [0.1, 0.15) is 81.1 Å². The average molecular weight is 517 g/mol. The van der Waals surface area contributed by atoms with E-state index in [9.17, 15) is 14.4 Å². The Morgan fingerprint density at radius 3 is 0.811 bits per heavy atom. The molecule has 0 fully saturated rings. The molecule has 0 aliphatic carbocycles. The van der Waals surface area contributed by atoms with Crippen molar-refractivity contribution in [1.29, 1.82) is 0 Å². The summed E-state index contributed by atoms with van der Waals surface area (Å²) >= 11 is -3.63. The molecule has 0 heterocycles. The summed E-state index contributed by atoms with van der Waals surface area (Å²) in [6.07, 6.45) is 0. The van der Waals surface area contributed by atoms with Crippen molar-refractivity contribution in [2.24, 2.45) is 0 Å². The lowest BCUT2D eigenvalue weighted by Gasteiger charge is -2.18. The molecule has 0 aromatic heterocycles. The minimum absolute atomic E-state index is 0.362. The molecule has 192 valence electrons. The molecule has 0 radical (unpaired) electrons. The van der Waals surface area contributed by atoms with Crippen molar-refractivity contribution in [2.45, 2.75) is 62.3 Å².